The number of hydrogen-bond acceptors (Lipinski definition) is 7. The summed E-state index contributed by atoms with van der Waals surface area (Å²) < 4.78 is 14.8. The Hall–Kier alpha value is -3.60. The first-order valence-electron chi connectivity index (χ1n) is 12.9. The van der Waals surface area contributed by atoms with E-state index in [0.717, 1.165) is 46.3 Å². The first kappa shape index (κ1) is 29.0. The van der Waals surface area contributed by atoms with Gasteiger partial charge in [0.2, 0.25) is 5.91 Å². The monoisotopic (exact) mass is 522 g/mol. The normalized spacial score (nSPS) is 11.1. The molecule has 10 nitrogen and oxygen atoms in total. The lowest BCUT2D eigenvalue weighted by Gasteiger charge is -2.10. The van der Waals surface area contributed by atoms with E-state index in [1.54, 1.807) is 0 Å². The molecule has 0 spiro atoms. The number of hydrogen-bond donors (Lipinski definition) is 2. The highest BCUT2D eigenvalue weighted by Crippen LogP contribution is 2.19. The Morgan fingerprint density at radius 2 is 1.47 bits per heavy atom. The van der Waals surface area contributed by atoms with Crippen molar-refractivity contribution in [1.82, 2.24) is 24.4 Å². The molecule has 0 radical (unpaired) electrons. The van der Waals surface area contributed by atoms with Crippen LogP contribution in [0.3, 0.4) is 0 Å². The minimum atomic E-state index is -0.372. The van der Waals surface area contributed by atoms with E-state index in [-0.39, 0.29) is 12.5 Å². The van der Waals surface area contributed by atoms with Gasteiger partial charge in [-0.25, -0.2) is 9.97 Å². The molecule has 2 aromatic heterocycles. The zero-order valence-corrected chi connectivity index (χ0v) is 22.7. The summed E-state index contributed by atoms with van der Waals surface area (Å²) in [6.07, 6.45) is 0.793. The molecule has 4 aromatic rings. The van der Waals surface area contributed by atoms with Crippen LogP contribution < -0.4 is 11.1 Å². The summed E-state index contributed by atoms with van der Waals surface area (Å²) in [5, 5.41) is 3.01. The molecule has 38 heavy (non-hydrogen) atoms. The summed E-state index contributed by atoms with van der Waals surface area (Å²) in [4.78, 5) is 30.7. The van der Waals surface area contributed by atoms with Crippen LogP contribution in [0, 0.1) is 13.8 Å². The second-order valence-electron chi connectivity index (χ2n) is 8.87. The molecule has 3 N–H and O–H groups in total. The lowest BCUT2D eigenvalue weighted by Crippen LogP contribution is -2.29. The Balaban J connectivity index is 0.000000215. The van der Waals surface area contributed by atoms with E-state index in [4.69, 9.17) is 15.2 Å². The molecule has 2 aromatic carbocycles. The number of nitrogens with one attached hydrogen (secondary N) is 1. The van der Waals surface area contributed by atoms with E-state index >= 15 is 0 Å². The minimum Gasteiger partial charge on any atom is -0.380 e. The van der Waals surface area contributed by atoms with Gasteiger partial charge in [0.05, 0.1) is 48.4 Å². The van der Waals surface area contributed by atoms with Gasteiger partial charge >= 0.3 is 0 Å². The third kappa shape index (κ3) is 7.70. The van der Waals surface area contributed by atoms with Gasteiger partial charge in [-0.15, -0.1) is 0 Å². The van der Waals surface area contributed by atoms with E-state index in [1.165, 1.54) is 5.56 Å². The predicted molar refractivity (Wildman–Crippen MR) is 148 cm³/mol. The Kier molecular flexibility index (Phi) is 11.0. The van der Waals surface area contributed by atoms with Crippen molar-refractivity contribution >= 4 is 34.3 Å². The van der Waals surface area contributed by atoms with Crippen molar-refractivity contribution in [3.05, 3.63) is 59.2 Å². The van der Waals surface area contributed by atoms with Crippen molar-refractivity contribution in [3.8, 4) is 0 Å². The van der Waals surface area contributed by atoms with Crippen LogP contribution in [0.5, 0.6) is 0 Å². The molecule has 2 heterocycles. The topological polar surface area (TPSA) is 126 Å². The SMILES string of the molecule is CCOCCn1c(C=O)nc2ccc(C)cc21.CCOCCn1c(CNCC(N)=O)nc2ccc(C)cc21. The number of aromatic nitrogens is 4. The Bertz CT molecular complexity index is 1360. The van der Waals surface area contributed by atoms with Crippen molar-refractivity contribution in [2.75, 3.05) is 33.0 Å². The lowest BCUT2D eigenvalue weighted by atomic mass is 10.2. The number of carbonyl (C=O) groups is 2. The van der Waals surface area contributed by atoms with Crippen LogP contribution in [0.2, 0.25) is 0 Å². The molecule has 0 saturated carbocycles. The van der Waals surface area contributed by atoms with Gasteiger partial charge in [0.25, 0.3) is 0 Å². The summed E-state index contributed by atoms with van der Waals surface area (Å²) in [5.74, 6) is 0.977. The van der Waals surface area contributed by atoms with Gasteiger partial charge in [-0.1, -0.05) is 12.1 Å². The molecule has 0 aliphatic rings. The van der Waals surface area contributed by atoms with Gasteiger partial charge in [-0.05, 0) is 63.1 Å². The third-order valence-electron chi connectivity index (χ3n) is 5.93. The van der Waals surface area contributed by atoms with Crippen LogP contribution in [0.1, 0.15) is 41.4 Å². The van der Waals surface area contributed by atoms with E-state index < -0.39 is 0 Å². The van der Waals surface area contributed by atoms with Gasteiger partial charge in [-0.3, -0.25) is 9.59 Å². The standard InChI is InChI=1S/C15H22N4O2.C13H16N2O2/c1-3-21-7-6-19-13-8-11(2)4-5-12(13)18-15(19)10-17-9-14(16)20;1-3-17-7-6-15-12-8-10(2)4-5-11(12)14-13(15)9-16/h4-5,8,17H,3,6-7,9-10H2,1-2H3,(H2,16,20);4-5,8-9H,3,6-7H2,1-2H3. The fourth-order valence-electron chi connectivity index (χ4n) is 4.14. The average Bonchev–Trinajstić information content (AvgIpc) is 3.41. The molecule has 0 unspecified atom stereocenters. The first-order valence-corrected chi connectivity index (χ1v) is 12.9. The molecule has 1 amide bonds. The van der Waals surface area contributed by atoms with Crippen LogP contribution in [0.25, 0.3) is 22.1 Å². The largest absolute Gasteiger partial charge is 0.380 e. The van der Waals surface area contributed by atoms with Crippen LogP contribution in [-0.4, -0.2) is 64.3 Å². The molecular formula is C28H38N6O4. The van der Waals surface area contributed by atoms with Gasteiger partial charge in [0.1, 0.15) is 5.82 Å². The molecule has 10 heteroatoms. The van der Waals surface area contributed by atoms with Crippen molar-refractivity contribution in [1.29, 1.82) is 0 Å². The van der Waals surface area contributed by atoms with Crippen LogP contribution in [-0.2, 0) is 33.9 Å². The van der Waals surface area contributed by atoms with Gasteiger partial charge < -0.3 is 29.7 Å². The number of imidazole rings is 2. The zero-order valence-electron chi connectivity index (χ0n) is 22.7. The summed E-state index contributed by atoms with van der Waals surface area (Å²) in [5.41, 5.74) is 11.4. The predicted octanol–water partition coefficient (Wildman–Crippen LogP) is 3.15. The van der Waals surface area contributed by atoms with Gasteiger partial charge in [-0.2, -0.15) is 0 Å². The number of primary amides is 1. The number of carbonyl (C=O) groups excluding carboxylic acids is 2. The van der Waals surface area contributed by atoms with Crippen LogP contribution in [0.15, 0.2) is 36.4 Å². The van der Waals surface area contributed by atoms with E-state index in [9.17, 15) is 9.59 Å². The van der Waals surface area contributed by atoms with Gasteiger partial charge in [0.15, 0.2) is 12.1 Å². The summed E-state index contributed by atoms with van der Waals surface area (Å²) in [7, 11) is 0. The fourth-order valence-corrected chi connectivity index (χ4v) is 4.14. The Morgan fingerprint density at radius 1 is 0.921 bits per heavy atom. The van der Waals surface area contributed by atoms with Crippen molar-refractivity contribution in [2.24, 2.45) is 5.73 Å². The highest BCUT2D eigenvalue weighted by Gasteiger charge is 2.11. The van der Waals surface area contributed by atoms with Crippen molar-refractivity contribution in [2.45, 2.75) is 47.3 Å². The maximum atomic E-state index is 11.0. The molecule has 0 bridgehead atoms. The Labute approximate surface area is 223 Å². The number of benzene rings is 2. The van der Waals surface area contributed by atoms with E-state index in [1.807, 2.05) is 55.7 Å². The summed E-state index contributed by atoms with van der Waals surface area (Å²) >= 11 is 0. The van der Waals surface area contributed by atoms with Crippen LogP contribution in [0.4, 0.5) is 0 Å². The van der Waals surface area contributed by atoms with E-state index in [2.05, 4.69) is 32.8 Å². The maximum absolute atomic E-state index is 11.0. The molecule has 4 rings (SSSR count). The smallest absolute Gasteiger partial charge is 0.231 e. The minimum absolute atomic E-state index is 0.147. The first-order chi connectivity index (χ1) is 18.4. The number of rotatable bonds is 13. The molecule has 204 valence electrons. The maximum Gasteiger partial charge on any atom is 0.231 e. The average molecular weight is 523 g/mol. The molecule has 0 aliphatic heterocycles. The fraction of sp³-hybridized carbons (Fsp3) is 0.429. The number of amides is 1. The van der Waals surface area contributed by atoms with Crippen LogP contribution >= 0.6 is 0 Å². The number of aryl methyl sites for hydroxylation is 2. The number of ether oxygens (including phenoxy) is 2. The summed E-state index contributed by atoms with van der Waals surface area (Å²) in [6.45, 7) is 12.7. The second-order valence-corrected chi connectivity index (χ2v) is 8.87. The van der Waals surface area contributed by atoms with Crippen molar-refractivity contribution in [3.63, 3.8) is 0 Å². The highest BCUT2D eigenvalue weighted by molar-refractivity contribution is 5.83. The molecular weight excluding hydrogens is 484 g/mol. The number of fused-ring (bicyclic) bond motifs is 2. The number of aldehydes is 1. The molecule has 0 saturated heterocycles. The highest BCUT2D eigenvalue weighted by atomic mass is 16.5. The second kappa shape index (κ2) is 14.4. The summed E-state index contributed by atoms with van der Waals surface area (Å²) in [6, 6.07) is 12.2. The third-order valence-corrected chi connectivity index (χ3v) is 5.93. The number of nitrogens with two attached hydrogens (primary N) is 1. The van der Waals surface area contributed by atoms with Gasteiger partial charge in [0, 0.05) is 26.3 Å². The quantitative estimate of drug-likeness (QED) is 0.204. The van der Waals surface area contributed by atoms with E-state index in [0.29, 0.717) is 45.3 Å². The Morgan fingerprint density at radius 3 is 2.03 bits per heavy atom. The van der Waals surface area contributed by atoms with Crippen molar-refractivity contribution < 1.29 is 19.1 Å². The lowest BCUT2D eigenvalue weighted by molar-refractivity contribution is -0.117. The molecule has 0 aliphatic carbocycles. The zero-order chi connectivity index (χ0) is 27.5. The molecule has 0 fully saturated rings. The number of nitrogens with zero attached hydrogens (tertiary/aromatic N) is 4. The molecule has 0 atom stereocenters.